The molecule has 0 aromatic rings. The zero-order chi connectivity index (χ0) is 43.1. The molecule has 0 aromatic heterocycles. The number of rotatable bonds is 7. The van der Waals surface area contributed by atoms with E-state index in [1.54, 1.807) is 33.3 Å². The minimum Gasteiger partial charge on any atom is -0.462 e. The van der Waals surface area contributed by atoms with E-state index in [0.29, 0.717) is 62.0 Å². The Kier molecular flexibility index (Phi) is 14.5. The number of carbonyl (C=O) groups excluding carboxylic acids is 1. The van der Waals surface area contributed by atoms with Gasteiger partial charge in [0.1, 0.15) is 42.0 Å². The SMILES string of the molecule is CCC1=CC2C(=O)OC3CC(CC=C(C)C(OC4CC(OC)C(OC5CC(OC)C(O)C(C)O5)C(C)O4)C(C)C=CC=C4COC(C1O)C42O)OC1(CCC(C)C(C)O1)C3. The number of fused-ring (bicyclic) bond motifs is 2. The van der Waals surface area contributed by atoms with Crippen molar-refractivity contribution in [1.82, 2.24) is 0 Å². The van der Waals surface area contributed by atoms with Crippen LogP contribution >= 0.6 is 0 Å². The van der Waals surface area contributed by atoms with E-state index in [-0.39, 0.29) is 30.8 Å². The molecule has 60 heavy (non-hydrogen) atoms. The zero-order valence-electron chi connectivity index (χ0n) is 36.9. The van der Waals surface area contributed by atoms with Crippen LogP contribution in [-0.4, -0.2) is 139 Å². The van der Waals surface area contributed by atoms with Crippen LogP contribution in [0, 0.1) is 17.8 Å². The number of hydrogen-bond acceptors (Lipinski definition) is 14. The first-order valence-electron chi connectivity index (χ1n) is 22.3. The molecule has 5 saturated heterocycles. The number of aliphatic hydroxyl groups is 3. The maximum atomic E-state index is 14.3. The average molecular weight is 847 g/mol. The molecule has 14 nitrogen and oxygen atoms in total. The molecule has 6 aliphatic heterocycles. The summed E-state index contributed by atoms with van der Waals surface area (Å²) in [5.74, 6) is -2.37. The smallest absolute Gasteiger partial charge is 0.316 e. The highest BCUT2D eigenvalue weighted by Crippen LogP contribution is 2.48. The fourth-order valence-electron chi connectivity index (χ4n) is 10.4. The Labute approximate surface area is 355 Å². The molecule has 14 heteroatoms. The normalized spacial score (nSPS) is 47.8. The molecule has 1 spiro atoms. The zero-order valence-corrected chi connectivity index (χ0v) is 36.9. The number of aliphatic hydroxyl groups excluding tert-OH is 2. The second kappa shape index (κ2) is 19.0. The number of carbonyl (C=O) groups is 1. The van der Waals surface area contributed by atoms with Crippen LogP contribution in [0.3, 0.4) is 0 Å². The van der Waals surface area contributed by atoms with E-state index in [2.05, 4.69) is 26.8 Å². The Balaban J connectivity index is 1.17. The van der Waals surface area contributed by atoms with E-state index < -0.39 is 90.8 Å². The predicted octanol–water partition coefficient (Wildman–Crippen LogP) is 4.97. The van der Waals surface area contributed by atoms with Crippen LogP contribution in [0.25, 0.3) is 0 Å². The molecule has 338 valence electrons. The lowest BCUT2D eigenvalue weighted by Gasteiger charge is -2.49. The van der Waals surface area contributed by atoms with E-state index in [0.717, 1.165) is 12.0 Å². The summed E-state index contributed by atoms with van der Waals surface area (Å²) in [6.45, 7) is 14.0. The Morgan fingerprint density at radius 3 is 2.33 bits per heavy atom. The summed E-state index contributed by atoms with van der Waals surface area (Å²) in [6.07, 6.45) is 6.12. The van der Waals surface area contributed by atoms with E-state index in [1.165, 1.54) is 0 Å². The summed E-state index contributed by atoms with van der Waals surface area (Å²) in [4.78, 5) is 14.3. The number of hydrogen-bond donors (Lipinski definition) is 3. The van der Waals surface area contributed by atoms with Crippen LogP contribution in [0.5, 0.6) is 0 Å². The van der Waals surface area contributed by atoms with Crippen molar-refractivity contribution in [3.05, 3.63) is 47.1 Å². The van der Waals surface area contributed by atoms with Crippen molar-refractivity contribution >= 4 is 5.97 Å². The van der Waals surface area contributed by atoms with Gasteiger partial charge in [0, 0.05) is 52.2 Å². The molecule has 1 aliphatic carbocycles. The van der Waals surface area contributed by atoms with Crippen LogP contribution in [0.1, 0.15) is 99.8 Å². The van der Waals surface area contributed by atoms with Crippen molar-refractivity contribution in [3.8, 4) is 0 Å². The Bertz CT molecular complexity index is 1630. The predicted molar refractivity (Wildman–Crippen MR) is 218 cm³/mol. The molecule has 0 saturated carbocycles. The lowest BCUT2D eigenvalue weighted by molar-refractivity contribution is -0.332. The van der Waals surface area contributed by atoms with Crippen molar-refractivity contribution in [2.75, 3.05) is 20.8 Å². The van der Waals surface area contributed by atoms with Gasteiger partial charge in [0.25, 0.3) is 0 Å². The largest absolute Gasteiger partial charge is 0.462 e. The van der Waals surface area contributed by atoms with Crippen molar-refractivity contribution in [2.45, 2.75) is 197 Å². The first-order chi connectivity index (χ1) is 28.6. The number of ether oxygens (including phenoxy) is 10. The molecule has 7 aliphatic rings. The standard InChI is InChI=1S/C46H70O14/c1-10-30-18-34-44(49)56-33-19-32(60-45(22-33)17-16-24(2)27(5)59-45)15-14-26(4)41(25(3)12-11-13-31-23-53-43(40(30)48)46(31,34)50)57-38-21-36(52-9)42(29(7)55-38)58-37-20-35(51-8)39(47)28(6)54-37/h11-14,18,24-25,27-29,32-43,47-48,50H,10,15-17,19-23H2,1-9H3. The lowest BCUT2D eigenvalue weighted by atomic mass is 9.70. The molecule has 3 N–H and O–H groups in total. The van der Waals surface area contributed by atoms with Gasteiger partial charge in [-0.05, 0) is 69.6 Å². The lowest BCUT2D eigenvalue weighted by Crippen LogP contribution is -2.58. The summed E-state index contributed by atoms with van der Waals surface area (Å²) in [5.41, 5.74) is 0.282. The van der Waals surface area contributed by atoms with Crippen LogP contribution < -0.4 is 0 Å². The van der Waals surface area contributed by atoms with Crippen molar-refractivity contribution in [3.63, 3.8) is 0 Å². The Morgan fingerprint density at radius 2 is 1.62 bits per heavy atom. The van der Waals surface area contributed by atoms with Crippen molar-refractivity contribution in [2.24, 2.45) is 17.8 Å². The first kappa shape index (κ1) is 46.0. The minimum absolute atomic E-state index is 0.0400. The first-order valence-corrected chi connectivity index (χ1v) is 22.3. The van der Waals surface area contributed by atoms with Crippen LogP contribution in [0.4, 0.5) is 0 Å². The minimum atomic E-state index is -1.82. The fourth-order valence-corrected chi connectivity index (χ4v) is 10.4. The Morgan fingerprint density at radius 1 is 0.900 bits per heavy atom. The molecule has 7 rings (SSSR count). The third kappa shape index (κ3) is 9.28. The number of esters is 1. The summed E-state index contributed by atoms with van der Waals surface area (Å²) < 4.78 is 63.3. The van der Waals surface area contributed by atoms with Crippen LogP contribution in [-0.2, 0) is 52.2 Å². The molecule has 0 radical (unpaired) electrons. The van der Waals surface area contributed by atoms with Crippen LogP contribution in [0.2, 0.25) is 0 Å². The van der Waals surface area contributed by atoms with Gasteiger partial charge in [-0.15, -0.1) is 0 Å². The molecule has 19 unspecified atom stereocenters. The molecule has 19 atom stereocenters. The second-order valence-electron chi connectivity index (χ2n) is 18.4. The van der Waals surface area contributed by atoms with Crippen LogP contribution in [0.15, 0.2) is 47.1 Å². The second-order valence-corrected chi connectivity index (χ2v) is 18.4. The van der Waals surface area contributed by atoms with Gasteiger partial charge >= 0.3 is 5.97 Å². The maximum absolute atomic E-state index is 14.3. The fraction of sp³-hybridized carbons (Fsp3) is 0.804. The molecular formula is C46H70O14. The molecule has 2 bridgehead atoms. The van der Waals surface area contributed by atoms with E-state index >= 15 is 0 Å². The number of allylic oxidation sites excluding steroid dienone is 2. The monoisotopic (exact) mass is 846 g/mol. The van der Waals surface area contributed by atoms with E-state index in [9.17, 15) is 20.1 Å². The summed E-state index contributed by atoms with van der Waals surface area (Å²) in [7, 11) is 3.22. The molecule has 0 amide bonds. The van der Waals surface area contributed by atoms with Gasteiger partial charge in [0.15, 0.2) is 18.4 Å². The van der Waals surface area contributed by atoms with E-state index in [1.807, 2.05) is 32.9 Å². The average Bonchev–Trinajstić information content (AvgIpc) is 3.55. The maximum Gasteiger partial charge on any atom is 0.316 e. The number of methoxy groups -OCH3 is 2. The van der Waals surface area contributed by atoms with Gasteiger partial charge in [-0.2, -0.15) is 0 Å². The van der Waals surface area contributed by atoms with Gasteiger partial charge < -0.3 is 62.7 Å². The molecule has 0 aromatic carbocycles. The van der Waals surface area contributed by atoms with Gasteiger partial charge in [-0.1, -0.05) is 51.2 Å². The molecule has 5 fully saturated rings. The summed E-state index contributed by atoms with van der Waals surface area (Å²) in [5, 5.41) is 34.4. The van der Waals surface area contributed by atoms with Crippen molar-refractivity contribution in [1.29, 1.82) is 0 Å². The van der Waals surface area contributed by atoms with Crippen molar-refractivity contribution < 1.29 is 67.5 Å². The summed E-state index contributed by atoms with van der Waals surface area (Å²) >= 11 is 0. The molecule has 6 heterocycles. The van der Waals surface area contributed by atoms with Gasteiger partial charge in [0.2, 0.25) is 0 Å². The summed E-state index contributed by atoms with van der Waals surface area (Å²) in [6, 6.07) is 0. The van der Waals surface area contributed by atoms with E-state index in [4.69, 9.17) is 47.4 Å². The van der Waals surface area contributed by atoms with Gasteiger partial charge in [-0.3, -0.25) is 4.79 Å². The topological polar surface area (TPSA) is 170 Å². The Hall–Kier alpha value is -2.05. The molecular weight excluding hydrogens is 776 g/mol. The highest BCUT2D eigenvalue weighted by atomic mass is 16.7. The highest BCUT2D eigenvalue weighted by molar-refractivity contribution is 5.78. The quantitative estimate of drug-likeness (QED) is 0.232. The van der Waals surface area contributed by atoms with Gasteiger partial charge in [-0.25, -0.2) is 0 Å². The third-order valence-corrected chi connectivity index (χ3v) is 14.3. The van der Waals surface area contributed by atoms with Gasteiger partial charge in [0.05, 0.1) is 49.3 Å². The third-order valence-electron chi connectivity index (χ3n) is 14.3. The highest BCUT2D eigenvalue weighted by Gasteiger charge is 2.60.